The number of nitrogens with zero attached hydrogens (tertiary/aromatic N) is 1. The molecule has 0 aromatic heterocycles. The van der Waals surface area contributed by atoms with Crippen molar-refractivity contribution in [2.75, 3.05) is 19.7 Å². The smallest absolute Gasteiger partial charge is 0.360 e. The van der Waals surface area contributed by atoms with E-state index in [1.165, 1.54) is 0 Å². The molecule has 4 unspecified atom stereocenters. The summed E-state index contributed by atoms with van der Waals surface area (Å²) in [5.41, 5.74) is -0.814. The molecule has 0 aromatic carbocycles. The number of phosphoric acid groups is 1. The Balaban J connectivity index is 1.73. The fourth-order valence-corrected chi connectivity index (χ4v) is 3.93. The molecular formula is C15H19N2O8P. The second-order valence-corrected chi connectivity index (χ2v) is 7.75. The SMILES string of the molecule is C=C(C)C(=O)NCC12C=CC(O1)C1C(=O)N(CCOP(=O)(O)O)C(=O)C12. The van der Waals surface area contributed by atoms with Gasteiger partial charge in [0.15, 0.2) is 0 Å². The van der Waals surface area contributed by atoms with E-state index >= 15 is 0 Å². The highest BCUT2D eigenvalue weighted by Crippen LogP contribution is 2.51. The van der Waals surface area contributed by atoms with Crippen molar-refractivity contribution in [2.24, 2.45) is 11.8 Å². The van der Waals surface area contributed by atoms with Gasteiger partial charge in [0.2, 0.25) is 17.7 Å². The molecule has 0 aromatic rings. The number of fused-ring (bicyclic) bond motifs is 5. The molecule has 0 aliphatic carbocycles. The average Bonchev–Trinajstić information content (AvgIpc) is 3.17. The number of ether oxygens (including phenoxy) is 1. The van der Waals surface area contributed by atoms with E-state index in [0.29, 0.717) is 5.57 Å². The van der Waals surface area contributed by atoms with Crippen molar-refractivity contribution in [3.8, 4) is 0 Å². The van der Waals surface area contributed by atoms with Crippen LogP contribution in [0.2, 0.25) is 0 Å². The van der Waals surface area contributed by atoms with Crippen LogP contribution in [0.4, 0.5) is 0 Å². The van der Waals surface area contributed by atoms with E-state index in [-0.39, 0.29) is 19.0 Å². The summed E-state index contributed by atoms with van der Waals surface area (Å²) in [5.74, 6) is -2.88. The lowest BCUT2D eigenvalue weighted by Crippen LogP contribution is -2.49. The minimum Gasteiger partial charge on any atom is -0.360 e. The van der Waals surface area contributed by atoms with Crippen LogP contribution in [0, 0.1) is 11.8 Å². The lowest BCUT2D eigenvalue weighted by atomic mass is 9.77. The molecule has 26 heavy (non-hydrogen) atoms. The Morgan fingerprint density at radius 1 is 1.46 bits per heavy atom. The highest BCUT2D eigenvalue weighted by molar-refractivity contribution is 7.46. The number of imide groups is 1. The van der Waals surface area contributed by atoms with Crippen molar-refractivity contribution in [1.82, 2.24) is 10.2 Å². The van der Waals surface area contributed by atoms with E-state index in [2.05, 4.69) is 16.4 Å². The highest BCUT2D eigenvalue weighted by atomic mass is 31.2. The van der Waals surface area contributed by atoms with Gasteiger partial charge in [0.05, 0.1) is 37.6 Å². The standard InChI is InChI=1S/C15H19N2O8P/c1-8(2)12(18)16-7-15-4-3-9(25-15)10-11(15)14(20)17(13(10)19)5-6-24-26(21,22)23/h3-4,9-11H,1,5-7H2,2H3,(H,16,18)(H2,21,22,23). The maximum absolute atomic E-state index is 12.7. The van der Waals surface area contributed by atoms with Crippen LogP contribution >= 0.6 is 7.82 Å². The number of hydrogen-bond donors (Lipinski definition) is 3. The summed E-state index contributed by atoms with van der Waals surface area (Å²) in [4.78, 5) is 55.4. The largest absolute Gasteiger partial charge is 0.469 e. The molecule has 3 aliphatic heterocycles. The van der Waals surface area contributed by atoms with Gasteiger partial charge in [-0.25, -0.2) is 4.57 Å². The minimum atomic E-state index is -4.68. The molecule has 0 radical (unpaired) electrons. The average molecular weight is 386 g/mol. The molecule has 2 saturated heterocycles. The second kappa shape index (κ2) is 6.40. The Hall–Kier alpha value is -1.84. The first-order valence-corrected chi connectivity index (χ1v) is 9.45. The van der Waals surface area contributed by atoms with Crippen LogP contribution in [-0.4, -0.2) is 63.8 Å². The zero-order valence-corrected chi connectivity index (χ0v) is 14.8. The molecule has 4 atom stereocenters. The summed E-state index contributed by atoms with van der Waals surface area (Å²) < 4.78 is 20.9. The predicted molar refractivity (Wildman–Crippen MR) is 86.3 cm³/mol. The fraction of sp³-hybridized carbons (Fsp3) is 0.533. The second-order valence-electron chi connectivity index (χ2n) is 6.51. The van der Waals surface area contributed by atoms with Gasteiger partial charge in [-0.3, -0.25) is 23.8 Å². The third kappa shape index (κ3) is 3.15. The lowest BCUT2D eigenvalue weighted by molar-refractivity contribution is -0.145. The van der Waals surface area contributed by atoms with Gasteiger partial charge in [-0.1, -0.05) is 18.7 Å². The number of phosphoric ester groups is 1. The molecule has 3 amide bonds. The summed E-state index contributed by atoms with van der Waals surface area (Å²) in [6, 6.07) is 0. The Bertz CT molecular complexity index is 759. The monoisotopic (exact) mass is 386 g/mol. The number of likely N-dealkylation sites (tertiary alicyclic amines) is 1. The van der Waals surface area contributed by atoms with Gasteiger partial charge in [0, 0.05) is 5.57 Å². The van der Waals surface area contributed by atoms with Crippen LogP contribution in [0.15, 0.2) is 24.3 Å². The molecule has 0 saturated carbocycles. The van der Waals surface area contributed by atoms with Gasteiger partial charge < -0.3 is 19.8 Å². The van der Waals surface area contributed by atoms with Crippen molar-refractivity contribution in [3.63, 3.8) is 0 Å². The summed E-state index contributed by atoms with van der Waals surface area (Å²) in [6.45, 7) is 4.36. The third-order valence-corrected chi connectivity index (χ3v) is 5.25. The van der Waals surface area contributed by atoms with E-state index < -0.39 is 49.8 Å². The van der Waals surface area contributed by atoms with Gasteiger partial charge in [-0.2, -0.15) is 0 Å². The van der Waals surface area contributed by atoms with Gasteiger partial charge in [0.25, 0.3) is 0 Å². The van der Waals surface area contributed by atoms with Crippen molar-refractivity contribution in [1.29, 1.82) is 0 Å². The summed E-state index contributed by atoms with van der Waals surface area (Å²) >= 11 is 0. The van der Waals surface area contributed by atoms with Gasteiger partial charge in [-0.15, -0.1) is 0 Å². The third-order valence-electron chi connectivity index (χ3n) is 4.73. The molecule has 142 valence electrons. The first-order chi connectivity index (χ1) is 12.1. The van der Waals surface area contributed by atoms with Crippen LogP contribution in [0.1, 0.15) is 6.92 Å². The topological polar surface area (TPSA) is 142 Å². The van der Waals surface area contributed by atoms with Crippen LogP contribution in [-0.2, 0) is 28.2 Å². The lowest BCUT2D eigenvalue weighted by Gasteiger charge is -2.29. The molecule has 10 nitrogen and oxygen atoms in total. The maximum atomic E-state index is 12.7. The Morgan fingerprint density at radius 3 is 2.77 bits per heavy atom. The van der Waals surface area contributed by atoms with E-state index in [1.807, 2.05) is 0 Å². The Kier molecular flexibility index (Phi) is 4.66. The molecule has 3 rings (SSSR count). The number of hydrogen-bond acceptors (Lipinski definition) is 6. The number of rotatable bonds is 7. The maximum Gasteiger partial charge on any atom is 0.469 e. The number of nitrogens with one attached hydrogen (secondary N) is 1. The van der Waals surface area contributed by atoms with Crippen molar-refractivity contribution >= 4 is 25.5 Å². The first kappa shape index (κ1) is 18.9. The van der Waals surface area contributed by atoms with Crippen LogP contribution in [0.3, 0.4) is 0 Å². The van der Waals surface area contributed by atoms with Crippen LogP contribution in [0.25, 0.3) is 0 Å². The van der Waals surface area contributed by atoms with Gasteiger partial charge >= 0.3 is 7.82 Å². The zero-order valence-electron chi connectivity index (χ0n) is 14.0. The van der Waals surface area contributed by atoms with E-state index in [0.717, 1.165) is 4.90 Å². The molecular weight excluding hydrogens is 367 g/mol. The Morgan fingerprint density at radius 2 is 2.15 bits per heavy atom. The number of carbonyl (C=O) groups excluding carboxylic acids is 3. The van der Waals surface area contributed by atoms with E-state index in [1.54, 1.807) is 19.1 Å². The first-order valence-electron chi connectivity index (χ1n) is 7.92. The summed E-state index contributed by atoms with van der Waals surface area (Å²) in [5, 5.41) is 2.64. The van der Waals surface area contributed by atoms with E-state index in [4.69, 9.17) is 14.5 Å². The highest BCUT2D eigenvalue weighted by Gasteiger charge is 2.67. The molecule has 2 fully saturated rings. The molecule has 11 heteroatoms. The quantitative estimate of drug-likeness (QED) is 0.221. The molecule has 3 heterocycles. The van der Waals surface area contributed by atoms with Crippen LogP contribution < -0.4 is 5.32 Å². The van der Waals surface area contributed by atoms with Gasteiger partial charge in [-0.05, 0) is 6.92 Å². The predicted octanol–water partition coefficient (Wildman–Crippen LogP) is -0.903. The number of amides is 3. The fourth-order valence-electron chi connectivity index (χ4n) is 3.61. The van der Waals surface area contributed by atoms with E-state index in [9.17, 15) is 18.9 Å². The molecule has 3 N–H and O–H groups in total. The van der Waals surface area contributed by atoms with Gasteiger partial charge in [0.1, 0.15) is 5.60 Å². The normalized spacial score (nSPS) is 32.3. The van der Waals surface area contributed by atoms with Crippen molar-refractivity contribution in [3.05, 3.63) is 24.3 Å². The van der Waals surface area contributed by atoms with Crippen molar-refractivity contribution < 1.29 is 38.0 Å². The molecule has 3 aliphatic rings. The van der Waals surface area contributed by atoms with Crippen molar-refractivity contribution in [2.45, 2.75) is 18.6 Å². The summed E-state index contributed by atoms with van der Waals surface area (Å²) in [7, 11) is -4.68. The Labute approximate surface area is 149 Å². The van der Waals surface area contributed by atoms with Crippen LogP contribution in [0.5, 0.6) is 0 Å². The number of carbonyl (C=O) groups is 3. The zero-order chi connectivity index (χ0) is 19.3. The summed E-state index contributed by atoms with van der Waals surface area (Å²) in [6.07, 6.45) is 2.79. The molecule has 0 spiro atoms. The molecule has 2 bridgehead atoms. The minimum absolute atomic E-state index is 0.0126.